The summed E-state index contributed by atoms with van der Waals surface area (Å²) in [7, 11) is 0. The Bertz CT molecular complexity index is 332. The molecule has 0 heterocycles. The standard InChI is InChI=1S/C20H36.2C5H5.Hf/c1-5-9-13-17-19(15-11-7-3)20(16-12-8-4)18-14-10-6-2;2*1-2-4-5-3-1;/h5-16H2,1-4H3;2*1-5H;/q-2;;;+4. The van der Waals surface area contributed by atoms with Gasteiger partial charge in [-0.05, 0) is 64.2 Å². The van der Waals surface area contributed by atoms with E-state index in [-0.39, 0.29) is 25.8 Å². The van der Waals surface area contributed by atoms with Gasteiger partial charge in [-0.15, -0.1) is 25.7 Å². The van der Waals surface area contributed by atoms with Gasteiger partial charge < -0.3 is 23.3 Å². The van der Waals surface area contributed by atoms with E-state index < -0.39 is 0 Å². The van der Waals surface area contributed by atoms with Crippen molar-refractivity contribution in [2.24, 2.45) is 0 Å². The van der Waals surface area contributed by atoms with Crippen LogP contribution in [0.4, 0.5) is 0 Å². The molecule has 2 rings (SSSR count). The monoisotopic (exact) mass is 586 g/mol. The maximum Gasteiger partial charge on any atom is 4.00 e. The van der Waals surface area contributed by atoms with Crippen LogP contribution in [0.2, 0.25) is 0 Å². The molecule has 0 bridgehead atoms. The molecule has 0 N–H and O–H groups in total. The van der Waals surface area contributed by atoms with Crippen LogP contribution in [-0.4, -0.2) is 0 Å². The Morgan fingerprint density at radius 2 is 0.710 bits per heavy atom. The summed E-state index contributed by atoms with van der Waals surface area (Å²) in [6.45, 7) is 9.07. The van der Waals surface area contributed by atoms with E-state index in [1.165, 1.54) is 75.4 Å². The minimum Gasteiger partial charge on any atom is -0.373 e. The predicted octanol–water partition coefficient (Wildman–Crippen LogP) is 9.25. The molecule has 0 aliphatic heterocycles. The molecule has 0 aromatic carbocycles. The van der Waals surface area contributed by atoms with Crippen LogP contribution in [0, 0.1) is 76.4 Å². The Hall–Kier alpha value is 0.350. The van der Waals surface area contributed by atoms with Gasteiger partial charge in [0.2, 0.25) is 0 Å². The Balaban J connectivity index is 0. The van der Waals surface area contributed by atoms with Crippen LogP contribution in [0.15, 0.2) is 11.1 Å². The molecule has 0 saturated heterocycles. The third-order valence-electron chi connectivity index (χ3n) is 4.77. The quantitative estimate of drug-likeness (QED) is 0.0876. The van der Waals surface area contributed by atoms with E-state index in [0.717, 1.165) is 12.8 Å². The van der Waals surface area contributed by atoms with E-state index in [0.29, 0.717) is 0 Å². The van der Waals surface area contributed by atoms with Crippen LogP contribution >= 0.6 is 0 Å². The Morgan fingerprint density at radius 3 is 0.935 bits per heavy atom. The molecule has 168 valence electrons. The molecule has 0 amide bonds. The van der Waals surface area contributed by atoms with Crippen molar-refractivity contribution in [3.63, 3.8) is 0 Å². The van der Waals surface area contributed by atoms with E-state index in [2.05, 4.69) is 39.8 Å². The summed E-state index contributed by atoms with van der Waals surface area (Å²) >= 11 is 0. The number of unbranched alkanes of at least 4 members (excludes halogenated alkanes) is 6. The van der Waals surface area contributed by atoms with Gasteiger partial charge in [0.05, 0.1) is 0 Å². The molecule has 2 aliphatic carbocycles. The molecule has 0 aromatic rings. The molecule has 0 atom stereocenters. The van der Waals surface area contributed by atoms with E-state index >= 15 is 0 Å². The number of allylic oxidation sites excluding steroid dienone is 4. The molecule has 0 unspecified atom stereocenters. The molecule has 1 heteroatoms. The van der Waals surface area contributed by atoms with Gasteiger partial charge in [-0.2, -0.15) is 0 Å². The van der Waals surface area contributed by atoms with Crippen LogP contribution in [-0.2, 0) is 25.8 Å². The molecule has 2 fully saturated rings. The van der Waals surface area contributed by atoms with Gasteiger partial charge in [0.15, 0.2) is 0 Å². The van der Waals surface area contributed by atoms with Crippen molar-refractivity contribution in [2.75, 3.05) is 0 Å². The second-order valence-electron chi connectivity index (χ2n) is 7.65. The first-order valence-electron chi connectivity index (χ1n) is 12.3. The zero-order valence-corrected chi connectivity index (χ0v) is 24.4. The molecule has 31 heavy (non-hydrogen) atoms. The summed E-state index contributed by atoms with van der Waals surface area (Å²) in [5.41, 5.74) is 2.98. The molecule has 0 spiro atoms. The minimum atomic E-state index is 0. The maximum absolute atomic E-state index is 3.71. The normalized spacial score (nSPS) is 16.1. The molecule has 2 aliphatic rings. The Morgan fingerprint density at radius 1 is 0.452 bits per heavy atom. The zero-order chi connectivity index (χ0) is 22.1. The summed E-state index contributed by atoms with van der Waals surface area (Å²) in [5, 5.41) is 0. The SMILES string of the molecule is CCCC[C-]=C(CCCC)C(=[C-]CCCC)CCCC.[CH]1[CH][CH][CH][CH]1.[CH]1[CH][CH][CH][CH]1.[Hf+4]. The average molecular weight is 585 g/mol. The summed E-state index contributed by atoms with van der Waals surface area (Å²) in [6.07, 6.45) is 42.3. The molecule has 0 nitrogen and oxygen atoms in total. The van der Waals surface area contributed by atoms with Crippen LogP contribution in [0.3, 0.4) is 0 Å². The fraction of sp³-hybridized carbons (Fsp3) is 0.533. The maximum atomic E-state index is 3.71. The van der Waals surface area contributed by atoms with Gasteiger partial charge in [0.25, 0.3) is 0 Å². The van der Waals surface area contributed by atoms with Gasteiger partial charge in [0, 0.05) is 0 Å². The largest absolute Gasteiger partial charge is 4.00 e. The first-order valence-corrected chi connectivity index (χ1v) is 12.3. The molecule has 2 saturated carbocycles. The van der Waals surface area contributed by atoms with E-state index in [9.17, 15) is 0 Å². The average Bonchev–Trinajstić information content (AvgIpc) is 3.52. The van der Waals surface area contributed by atoms with Crippen molar-refractivity contribution in [3.05, 3.63) is 87.5 Å². The summed E-state index contributed by atoms with van der Waals surface area (Å²) in [6, 6.07) is 0. The van der Waals surface area contributed by atoms with Crippen molar-refractivity contribution in [1.82, 2.24) is 0 Å². The van der Waals surface area contributed by atoms with E-state index in [1.807, 2.05) is 64.2 Å². The molecule has 0 aromatic heterocycles. The molecule has 10 radical (unpaired) electrons. The van der Waals surface area contributed by atoms with Gasteiger partial charge in [-0.3, -0.25) is 0 Å². The number of hydrogen-bond donors (Lipinski definition) is 0. The summed E-state index contributed by atoms with van der Waals surface area (Å²) < 4.78 is 0. The van der Waals surface area contributed by atoms with Crippen LogP contribution in [0.25, 0.3) is 0 Å². The summed E-state index contributed by atoms with van der Waals surface area (Å²) in [4.78, 5) is 0. The number of hydrogen-bond acceptors (Lipinski definition) is 0. The Labute approximate surface area is 217 Å². The molecular weight excluding hydrogens is 539 g/mol. The summed E-state index contributed by atoms with van der Waals surface area (Å²) in [5.74, 6) is 0. The van der Waals surface area contributed by atoms with Crippen LogP contribution in [0.5, 0.6) is 0 Å². The van der Waals surface area contributed by atoms with Crippen molar-refractivity contribution in [3.8, 4) is 0 Å². The van der Waals surface area contributed by atoms with Crippen LogP contribution < -0.4 is 0 Å². The fourth-order valence-corrected chi connectivity index (χ4v) is 2.87. The van der Waals surface area contributed by atoms with Crippen molar-refractivity contribution >= 4 is 0 Å². The van der Waals surface area contributed by atoms with Crippen molar-refractivity contribution in [2.45, 2.75) is 105 Å². The Kier molecular flexibility index (Phi) is 30.7. The predicted molar refractivity (Wildman–Crippen MR) is 135 cm³/mol. The first kappa shape index (κ1) is 33.5. The second kappa shape index (κ2) is 28.4. The third kappa shape index (κ3) is 23.3. The van der Waals surface area contributed by atoms with Gasteiger partial charge >= 0.3 is 25.8 Å². The minimum absolute atomic E-state index is 0. The number of rotatable bonds is 13. The van der Waals surface area contributed by atoms with Gasteiger partial charge in [-0.25, -0.2) is 0 Å². The van der Waals surface area contributed by atoms with Crippen molar-refractivity contribution in [1.29, 1.82) is 0 Å². The fourth-order valence-electron chi connectivity index (χ4n) is 2.87. The third-order valence-corrected chi connectivity index (χ3v) is 4.77. The second-order valence-corrected chi connectivity index (χ2v) is 7.65. The van der Waals surface area contributed by atoms with Crippen molar-refractivity contribution < 1.29 is 25.8 Å². The van der Waals surface area contributed by atoms with E-state index in [1.54, 1.807) is 0 Å². The smallest absolute Gasteiger partial charge is 0.373 e. The topological polar surface area (TPSA) is 0 Å². The zero-order valence-electron chi connectivity index (χ0n) is 20.8. The van der Waals surface area contributed by atoms with Gasteiger partial charge in [-0.1, -0.05) is 79.1 Å². The van der Waals surface area contributed by atoms with E-state index in [4.69, 9.17) is 0 Å². The van der Waals surface area contributed by atoms with Crippen LogP contribution in [0.1, 0.15) is 105 Å². The first-order chi connectivity index (χ1) is 14.8. The molecular formula is C30H46Hf+2. The van der Waals surface area contributed by atoms with Gasteiger partial charge in [0.1, 0.15) is 0 Å².